The molecule has 7 nitrogen and oxygen atoms in total. The van der Waals surface area contributed by atoms with E-state index in [0.717, 1.165) is 0 Å². The Morgan fingerprint density at radius 2 is 2.00 bits per heavy atom. The van der Waals surface area contributed by atoms with Gasteiger partial charge in [0.1, 0.15) is 17.0 Å². The predicted molar refractivity (Wildman–Crippen MR) is 54.5 cm³/mol. The Morgan fingerprint density at radius 3 is 2.69 bits per heavy atom. The topological polar surface area (TPSA) is 114 Å². The number of hydrogen-bond donors (Lipinski definition) is 3. The highest BCUT2D eigenvalue weighted by atomic mass is 16.2. The van der Waals surface area contributed by atoms with Gasteiger partial charge in [-0.05, 0) is 17.7 Å². The third-order valence-electron chi connectivity index (χ3n) is 2.60. The van der Waals surface area contributed by atoms with E-state index in [1.165, 1.54) is 0 Å². The molecule has 0 spiro atoms. The summed E-state index contributed by atoms with van der Waals surface area (Å²) in [5, 5.41) is 12.8. The van der Waals surface area contributed by atoms with Crippen molar-refractivity contribution in [3.05, 3.63) is 17.7 Å². The van der Waals surface area contributed by atoms with Crippen LogP contribution in [0.5, 0.6) is 0 Å². The molecule has 0 bridgehead atoms. The molecule has 1 aromatic heterocycles. The van der Waals surface area contributed by atoms with Gasteiger partial charge in [-0.25, -0.2) is 0 Å². The quantitative estimate of drug-likeness (QED) is 0.557. The van der Waals surface area contributed by atoms with E-state index in [2.05, 4.69) is 20.7 Å². The summed E-state index contributed by atoms with van der Waals surface area (Å²) in [6.45, 7) is 0. The number of aromatic nitrogens is 3. The minimum atomic E-state index is -0.934. The molecule has 4 N–H and O–H groups in total. The van der Waals surface area contributed by atoms with Crippen LogP contribution in [0.1, 0.15) is 11.5 Å². The molecule has 0 aliphatic carbocycles. The lowest BCUT2D eigenvalue weighted by Gasteiger charge is -2.02. The summed E-state index contributed by atoms with van der Waals surface area (Å²) in [5.41, 5.74) is 7.53. The summed E-state index contributed by atoms with van der Waals surface area (Å²) in [4.78, 5) is 22.7. The van der Waals surface area contributed by atoms with Gasteiger partial charge in [-0.15, -0.1) is 0 Å². The average molecular weight is 217 g/mol. The second kappa shape index (κ2) is 2.78. The van der Waals surface area contributed by atoms with Crippen LogP contribution in [0.4, 0.5) is 5.69 Å². The Bertz CT molecular complexity index is 617. The van der Waals surface area contributed by atoms with Gasteiger partial charge in [0.25, 0.3) is 0 Å². The van der Waals surface area contributed by atoms with E-state index in [9.17, 15) is 9.59 Å². The standard InChI is InChI=1S/C9H7N5O2/c10-8(15)7-3-1-5-6(13-14-12-5)2-4(3)11-9(7)16/h1-2,7H,(H2,10,15)(H,11,16)(H,12,13,14). The number of aromatic amines is 1. The first kappa shape index (κ1) is 8.84. The third kappa shape index (κ3) is 1.02. The fraction of sp³-hybridized carbons (Fsp3) is 0.111. The lowest BCUT2D eigenvalue weighted by atomic mass is 10.00. The van der Waals surface area contributed by atoms with Crippen molar-refractivity contribution in [2.45, 2.75) is 5.92 Å². The summed E-state index contributed by atoms with van der Waals surface area (Å²) >= 11 is 0. The Morgan fingerprint density at radius 1 is 1.31 bits per heavy atom. The zero-order chi connectivity index (χ0) is 11.3. The van der Waals surface area contributed by atoms with Crippen molar-refractivity contribution in [3.63, 3.8) is 0 Å². The van der Waals surface area contributed by atoms with Crippen LogP contribution >= 0.6 is 0 Å². The second-order valence-electron chi connectivity index (χ2n) is 3.58. The number of carbonyl (C=O) groups excluding carboxylic acids is 2. The zero-order valence-corrected chi connectivity index (χ0v) is 8.02. The summed E-state index contributed by atoms with van der Waals surface area (Å²) < 4.78 is 0. The van der Waals surface area contributed by atoms with Crippen LogP contribution in [0.15, 0.2) is 12.1 Å². The van der Waals surface area contributed by atoms with Gasteiger partial charge in [-0.3, -0.25) is 9.59 Å². The average Bonchev–Trinajstić information content (AvgIpc) is 2.75. The summed E-state index contributed by atoms with van der Waals surface area (Å²) in [7, 11) is 0. The minimum Gasteiger partial charge on any atom is -0.369 e. The van der Waals surface area contributed by atoms with Gasteiger partial charge >= 0.3 is 0 Å². The highest BCUT2D eigenvalue weighted by molar-refractivity contribution is 6.16. The molecule has 7 heteroatoms. The number of primary amides is 1. The Kier molecular flexibility index (Phi) is 1.54. The third-order valence-corrected chi connectivity index (χ3v) is 2.60. The van der Waals surface area contributed by atoms with Crippen LogP contribution in [0, 0.1) is 0 Å². The van der Waals surface area contributed by atoms with Gasteiger partial charge < -0.3 is 11.1 Å². The smallest absolute Gasteiger partial charge is 0.241 e. The van der Waals surface area contributed by atoms with E-state index in [1.54, 1.807) is 12.1 Å². The normalized spacial score (nSPS) is 18.5. The van der Waals surface area contributed by atoms with Crippen molar-refractivity contribution in [3.8, 4) is 0 Å². The number of benzene rings is 1. The molecule has 1 unspecified atom stereocenters. The first-order chi connectivity index (χ1) is 7.66. The summed E-state index contributed by atoms with van der Waals surface area (Å²) in [6.07, 6.45) is 0. The van der Waals surface area contributed by atoms with Crippen molar-refractivity contribution in [1.29, 1.82) is 0 Å². The van der Waals surface area contributed by atoms with Crippen molar-refractivity contribution in [2.75, 3.05) is 5.32 Å². The molecule has 3 rings (SSSR count). The van der Waals surface area contributed by atoms with Gasteiger partial charge in [0.2, 0.25) is 11.8 Å². The van der Waals surface area contributed by atoms with Crippen molar-refractivity contribution in [1.82, 2.24) is 15.4 Å². The number of fused-ring (bicyclic) bond motifs is 2. The monoisotopic (exact) mass is 217 g/mol. The van der Waals surface area contributed by atoms with Gasteiger partial charge in [-0.2, -0.15) is 15.4 Å². The Hall–Kier alpha value is -2.44. The van der Waals surface area contributed by atoms with E-state index >= 15 is 0 Å². The molecule has 0 saturated carbocycles. The van der Waals surface area contributed by atoms with Crippen LogP contribution in [-0.4, -0.2) is 27.2 Å². The fourth-order valence-electron chi connectivity index (χ4n) is 1.88. The van der Waals surface area contributed by atoms with Crippen LogP contribution in [0.25, 0.3) is 11.0 Å². The number of carbonyl (C=O) groups is 2. The number of nitrogens with one attached hydrogen (secondary N) is 2. The Balaban J connectivity index is 2.26. The van der Waals surface area contributed by atoms with Crippen molar-refractivity contribution < 1.29 is 9.59 Å². The zero-order valence-electron chi connectivity index (χ0n) is 8.02. The molecule has 1 aliphatic heterocycles. The maximum atomic E-state index is 11.5. The highest BCUT2D eigenvalue weighted by Crippen LogP contribution is 2.34. The lowest BCUT2D eigenvalue weighted by Crippen LogP contribution is -2.27. The van der Waals surface area contributed by atoms with E-state index in [4.69, 9.17) is 5.73 Å². The molecular weight excluding hydrogens is 210 g/mol. The molecule has 1 aromatic carbocycles. The molecule has 0 saturated heterocycles. The molecule has 1 atom stereocenters. The summed E-state index contributed by atoms with van der Waals surface area (Å²) in [5.74, 6) is -2.01. The highest BCUT2D eigenvalue weighted by Gasteiger charge is 2.35. The largest absolute Gasteiger partial charge is 0.369 e. The van der Waals surface area contributed by atoms with Gasteiger partial charge in [0, 0.05) is 5.69 Å². The molecule has 80 valence electrons. The number of nitrogens with two attached hydrogens (primary N) is 1. The molecule has 16 heavy (non-hydrogen) atoms. The van der Waals surface area contributed by atoms with Crippen LogP contribution < -0.4 is 11.1 Å². The van der Waals surface area contributed by atoms with Gasteiger partial charge in [0.05, 0.1) is 0 Å². The number of hydrogen-bond acceptors (Lipinski definition) is 4. The molecule has 1 aliphatic rings. The first-order valence-electron chi connectivity index (χ1n) is 4.61. The molecule has 2 heterocycles. The number of anilines is 1. The SMILES string of the molecule is NC(=O)C1C(=O)Nc2cc3n[nH]nc3cc21. The number of rotatable bonds is 1. The summed E-state index contributed by atoms with van der Waals surface area (Å²) in [6, 6.07) is 3.30. The van der Waals surface area contributed by atoms with Crippen LogP contribution in [0.3, 0.4) is 0 Å². The van der Waals surface area contributed by atoms with E-state index in [-0.39, 0.29) is 0 Å². The van der Waals surface area contributed by atoms with Gasteiger partial charge in [0.15, 0.2) is 0 Å². The predicted octanol–water partition coefficient (Wildman–Crippen LogP) is -0.521. The van der Waals surface area contributed by atoms with E-state index in [1.807, 2.05) is 0 Å². The van der Waals surface area contributed by atoms with E-state index in [0.29, 0.717) is 22.3 Å². The Labute approximate surface area is 89.0 Å². The minimum absolute atomic E-state index is 0.404. The molecule has 2 amide bonds. The number of amides is 2. The molecule has 0 fully saturated rings. The van der Waals surface area contributed by atoms with Crippen molar-refractivity contribution in [2.24, 2.45) is 5.73 Å². The first-order valence-corrected chi connectivity index (χ1v) is 4.61. The van der Waals surface area contributed by atoms with E-state index < -0.39 is 17.7 Å². The molecular formula is C9H7N5O2. The molecule has 0 radical (unpaired) electrons. The number of H-pyrrole nitrogens is 1. The van der Waals surface area contributed by atoms with Gasteiger partial charge in [-0.1, -0.05) is 0 Å². The number of nitrogens with zero attached hydrogens (tertiary/aromatic N) is 2. The maximum Gasteiger partial charge on any atom is 0.241 e. The molecule has 2 aromatic rings. The van der Waals surface area contributed by atoms with Crippen molar-refractivity contribution >= 4 is 28.5 Å². The maximum absolute atomic E-state index is 11.5. The fourth-order valence-corrected chi connectivity index (χ4v) is 1.88. The second-order valence-corrected chi connectivity index (χ2v) is 3.58. The van der Waals surface area contributed by atoms with Crippen LogP contribution in [0.2, 0.25) is 0 Å². The lowest BCUT2D eigenvalue weighted by molar-refractivity contribution is -0.126. The van der Waals surface area contributed by atoms with Crippen LogP contribution in [-0.2, 0) is 9.59 Å².